The van der Waals surface area contributed by atoms with Crippen LogP contribution in [0.2, 0.25) is 0 Å². The molecule has 148 valence electrons. The molecule has 2 heterocycles. The summed E-state index contributed by atoms with van der Waals surface area (Å²) < 4.78 is 4.94. The molecule has 0 unspecified atom stereocenters. The van der Waals surface area contributed by atoms with Crippen LogP contribution in [0.1, 0.15) is 17.0 Å². The zero-order valence-corrected chi connectivity index (χ0v) is 16.7. The molecule has 4 rings (SSSR count). The molecular formula is C22H23N5O2. The Hall–Kier alpha value is -3.61. The summed E-state index contributed by atoms with van der Waals surface area (Å²) in [5.74, 6) is -0.213. The van der Waals surface area contributed by atoms with E-state index >= 15 is 0 Å². The Balaban J connectivity index is 1.52. The van der Waals surface area contributed by atoms with Gasteiger partial charge in [-0.15, -0.1) is 0 Å². The molecule has 1 N–H and O–H groups in total. The van der Waals surface area contributed by atoms with Crippen molar-refractivity contribution in [1.82, 2.24) is 24.2 Å². The van der Waals surface area contributed by atoms with E-state index in [1.807, 2.05) is 73.1 Å². The molecule has 29 heavy (non-hydrogen) atoms. The van der Waals surface area contributed by atoms with Gasteiger partial charge in [-0.25, -0.2) is 9.48 Å². The third-order valence-corrected chi connectivity index (χ3v) is 5.26. The maximum atomic E-state index is 12.6. The molecule has 0 radical (unpaired) electrons. The molecule has 0 aliphatic rings. The van der Waals surface area contributed by atoms with Crippen molar-refractivity contribution in [3.8, 4) is 5.69 Å². The van der Waals surface area contributed by atoms with Gasteiger partial charge in [-0.2, -0.15) is 5.10 Å². The highest BCUT2D eigenvalue weighted by Gasteiger charge is 2.16. The highest BCUT2D eigenvalue weighted by atomic mass is 16.2. The molecule has 4 aromatic rings. The van der Waals surface area contributed by atoms with E-state index in [9.17, 15) is 9.59 Å². The van der Waals surface area contributed by atoms with Crippen molar-refractivity contribution in [1.29, 1.82) is 0 Å². The van der Waals surface area contributed by atoms with Crippen molar-refractivity contribution < 1.29 is 4.79 Å². The van der Waals surface area contributed by atoms with Crippen molar-refractivity contribution >= 4 is 16.9 Å². The molecule has 2 aromatic carbocycles. The minimum atomic E-state index is -0.213. The summed E-state index contributed by atoms with van der Waals surface area (Å²) in [4.78, 5) is 25.1. The number of nitrogens with zero attached hydrogens (tertiary/aromatic N) is 4. The van der Waals surface area contributed by atoms with Crippen molar-refractivity contribution in [3.05, 3.63) is 82.0 Å². The molecule has 0 aliphatic carbocycles. The third-order valence-electron chi connectivity index (χ3n) is 5.26. The van der Waals surface area contributed by atoms with Crippen LogP contribution in [-0.2, 0) is 24.9 Å². The molecule has 7 heteroatoms. The van der Waals surface area contributed by atoms with E-state index in [-0.39, 0.29) is 18.1 Å². The molecular weight excluding hydrogens is 366 g/mol. The lowest BCUT2D eigenvalue weighted by molar-refractivity contribution is -0.121. The Morgan fingerprint density at radius 3 is 2.38 bits per heavy atom. The number of rotatable bonds is 5. The summed E-state index contributed by atoms with van der Waals surface area (Å²) in [5.41, 5.74) is 5.16. The lowest BCUT2D eigenvalue weighted by Crippen LogP contribution is -2.32. The average Bonchev–Trinajstić information content (AvgIpc) is 3.15. The smallest absolute Gasteiger partial charge is 0.329 e. The molecule has 0 fully saturated rings. The Morgan fingerprint density at radius 2 is 1.66 bits per heavy atom. The lowest BCUT2D eigenvalue weighted by Gasteiger charge is -2.08. The number of para-hydroxylation sites is 3. The van der Waals surface area contributed by atoms with Crippen molar-refractivity contribution in [3.63, 3.8) is 0 Å². The van der Waals surface area contributed by atoms with E-state index in [2.05, 4.69) is 10.4 Å². The van der Waals surface area contributed by atoms with Crippen LogP contribution in [0.4, 0.5) is 0 Å². The standard InChI is InChI=1S/C22H23N5O2/c1-15-18(16(2)27(24-15)17-9-5-4-6-10-17)13-23-21(28)14-26-20-12-8-7-11-19(20)25(3)22(26)29/h4-12H,13-14H2,1-3H3,(H,23,28). The Kier molecular flexibility index (Phi) is 4.80. The Bertz CT molecular complexity index is 1250. The van der Waals surface area contributed by atoms with Crippen LogP contribution >= 0.6 is 0 Å². The van der Waals surface area contributed by atoms with Gasteiger partial charge in [0, 0.05) is 24.8 Å². The van der Waals surface area contributed by atoms with Gasteiger partial charge in [0.2, 0.25) is 5.91 Å². The molecule has 0 bridgehead atoms. The number of amides is 1. The Labute approximate surface area is 168 Å². The maximum Gasteiger partial charge on any atom is 0.329 e. The van der Waals surface area contributed by atoms with Crippen LogP contribution in [0, 0.1) is 13.8 Å². The fourth-order valence-corrected chi connectivity index (χ4v) is 3.65. The molecule has 0 spiro atoms. The van der Waals surface area contributed by atoms with Crippen LogP contribution < -0.4 is 11.0 Å². The van der Waals surface area contributed by atoms with Gasteiger partial charge < -0.3 is 5.32 Å². The fraction of sp³-hybridized carbons (Fsp3) is 0.227. The first-order valence-electron chi connectivity index (χ1n) is 9.49. The lowest BCUT2D eigenvalue weighted by atomic mass is 10.2. The minimum Gasteiger partial charge on any atom is -0.350 e. The van der Waals surface area contributed by atoms with Gasteiger partial charge in [0.15, 0.2) is 0 Å². The molecule has 0 aliphatic heterocycles. The van der Waals surface area contributed by atoms with Gasteiger partial charge in [0.25, 0.3) is 0 Å². The van der Waals surface area contributed by atoms with E-state index in [1.165, 1.54) is 4.57 Å². The average molecular weight is 389 g/mol. The fourth-order valence-electron chi connectivity index (χ4n) is 3.65. The SMILES string of the molecule is Cc1nn(-c2ccccc2)c(C)c1CNC(=O)Cn1c(=O)n(C)c2ccccc21. The predicted octanol–water partition coefficient (Wildman–Crippen LogP) is 2.46. The Morgan fingerprint density at radius 1 is 1.00 bits per heavy atom. The van der Waals surface area contributed by atoms with Crippen LogP contribution in [0.15, 0.2) is 59.4 Å². The van der Waals surface area contributed by atoms with Gasteiger partial charge in [-0.1, -0.05) is 30.3 Å². The molecule has 7 nitrogen and oxygen atoms in total. The van der Waals surface area contributed by atoms with Crippen molar-refractivity contribution in [2.75, 3.05) is 0 Å². The number of carbonyl (C=O) groups is 1. The van der Waals surface area contributed by atoms with E-state index in [0.717, 1.165) is 33.7 Å². The molecule has 0 atom stereocenters. The summed E-state index contributed by atoms with van der Waals surface area (Å²) in [5, 5.41) is 7.54. The third kappa shape index (κ3) is 3.35. The molecule has 1 amide bonds. The highest BCUT2D eigenvalue weighted by Crippen LogP contribution is 2.17. The monoisotopic (exact) mass is 389 g/mol. The number of aryl methyl sites for hydroxylation is 2. The summed E-state index contributed by atoms with van der Waals surface area (Å²) in [6, 6.07) is 17.3. The summed E-state index contributed by atoms with van der Waals surface area (Å²) in [6.45, 7) is 4.26. The first-order valence-corrected chi connectivity index (χ1v) is 9.49. The molecule has 0 saturated carbocycles. The number of fused-ring (bicyclic) bond motifs is 1. The van der Waals surface area contributed by atoms with E-state index in [1.54, 1.807) is 11.6 Å². The van der Waals surface area contributed by atoms with E-state index in [0.29, 0.717) is 6.54 Å². The van der Waals surface area contributed by atoms with Crippen LogP contribution in [0.3, 0.4) is 0 Å². The zero-order chi connectivity index (χ0) is 20.5. The van der Waals surface area contributed by atoms with Crippen LogP contribution in [0.25, 0.3) is 16.7 Å². The molecule has 2 aromatic heterocycles. The first kappa shape index (κ1) is 18.7. The second kappa shape index (κ2) is 7.43. The number of hydrogen-bond acceptors (Lipinski definition) is 3. The van der Waals surface area contributed by atoms with Crippen LogP contribution in [-0.4, -0.2) is 24.8 Å². The van der Waals surface area contributed by atoms with Gasteiger partial charge in [-0.05, 0) is 38.1 Å². The number of aromatic nitrogens is 4. The number of benzene rings is 2. The minimum absolute atomic E-state index is 0.0227. The van der Waals surface area contributed by atoms with Gasteiger partial charge in [0.05, 0.1) is 22.4 Å². The second-order valence-electron chi connectivity index (χ2n) is 7.09. The van der Waals surface area contributed by atoms with Gasteiger partial charge in [0.1, 0.15) is 6.54 Å². The van der Waals surface area contributed by atoms with Gasteiger partial charge >= 0.3 is 5.69 Å². The zero-order valence-electron chi connectivity index (χ0n) is 16.7. The van der Waals surface area contributed by atoms with E-state index < -0.39 is 0 Å². The van der Waals surface area contributed by atoms with Gasteiger partial charge in [-0.3, -0.25) is 13.9 Å². The van der Waals surface area contributed by atoms with Crippen molar-refractivity contribution in [2.45, 2.75) is 26.9 Å². The second-order valence-corrected chi connectivity index (χ2v) is 7.09. The first-order chi connectivity index (χ1) is 14.0. The van der Waals surface area contributed by atoms with Crippen LogP contribution in [0.5, 0.6) is 0 Å². The largest absolute Gasteiger partial charge is 0.350 e. The predicted molar refractivity (Wildman–Crippen MR) is 112 cm³/mol. The summed E-state index contributed by atoms with van der Waals surface area (Å²) in [7, 11) is 1.71. The quantitative estimate of drug-likeness (QED) is 0.570. The maximum absolute atomic E-state index is 12.6. The summed E-state index contributed by atoms with van der Waals surface area (Å²) >= 11 is 0. The number of carbonyl (C=O) groups excluding carboxylic acids is 1. The van der Waals surface area contributed by atoms with E-state index in [4.69, 9.17) is 0 Å². The molecule has 0 saturated heterocycles. The normalized spacial score (nSPS) is 11.1. The number of imidazole rings is 1. The highest BCUT2D eigenvalue weighted by molar-refractivity contribution is 5.80. The van der Waals surface area contributed by atoms with Crippen molar-refractivity contribution in [2.24, 2.45) is 7.05 Å². The number of nitrogens with one attached hydrogen (secondary N) is 1. The number of hydrogen-bond donors (Lipinski definition) is 1. The topological polar surface area (TPSA) is 73.8 Å². The summed E-state index contributed by atoms with van der Waals surface area (Å²) in [6.07, 6.45) is 0.